The molecule has 2 aliphatic heterocycles. The zero-order chi connectivity index (χ0) is 20.0. The molecule has 6 heteroatoms. The fourth-order valence-electron chi connectivity index (χ4n) is 6.08. The van der Waals surface area contributed by atoms with Crippen molar-refractivity contribution in [2.75, 3.05) is 13.1 Å². The van der Waals surface area contributed by atoms with Gasteiger partial charge in [0, 0.05) is 13.1 Å². The van der Waals surface area contributed by atoms with Crippen molar-refractivity contribution < 1.29 is 14.0 Å². The van der Waals surface area contributed by atoms with Gasteiger partial charge in [-0.05, 0) is 81.6 Å². The van der Waals surface area contributed by atoms with Crippen LogP contribution in [0.15, 0.2) is 28.0 Å². The zero-order valence-electron chi connectivity index (χ0n) is 17.1. The summed E-state index contributed by atoms with van der Waals surface area (Å²) in [6.07, 6.45) is 12.4. The van der Waals surface area contributed by atoms with Crippen LogP contribution in [-0.4, -0.2) is 39.6 Å². The number of aliphatic imine (C=N–C) groups is 1. The number of carbonyl (C=O) groups is 2. The Bertz CT molecular complexity index is 812. The molecule has 0 radical (unpaired) electrons. The van der Waals surface area contributed by atoms with Crippen molar-refractivity contribution in [1.82, 2.24) is 4.90 Å². The number of likely N-dealkylation sites (tertiary alicyclic amines) is 1. The number of amides is 2. The molecular weight excluding hydrogens is 384 g/mol. The van der Waals surface area contributed by atoms with Gasteiger partial charge >= 0.3 is 0 Å². The third-order valence-electron chi connectivity index (χ3n) is 7.69. The maximum atomic E-state index is 12.8. The minimum absolute atomic E-state index is 0.0474. The SMILES string of the molecule is CC1(CC2CCN(C(=O)c3ccoc3)CC2)SC(C[C@H]2C[C@@H]3CC[C@H]2C3)=NC1=O. The van der Waals surface area contributed by atoms with E-state index >= 15 is 0 Å². The number of fused-ring (bicyclic) bond motifs is 2. The van der Waals surface area contributed by atoms with Crippen LogP contribution in [-0.2, 0) is 4.79 Å². The van der Waals surface area contributed by atoms with Crippen LogP contribution in [0.2, 0.25) is 0 Å². The van der Waals surface area contributed by atoms with E-state index in [1.807, 2.05) is 4.90 Å². The number of piperidine rings is 1. The number of rotatable bonds is 5. The maximum Gasteiger partial charge on any atom is 0.262 e. The molecule has 3 heterocycles. The molecule has 0 spiro atoms. The molecule has 2 aliphatic carbocycles. The van der Waals surface area contributed by atoms with E-state index in [1.54, 1.807) is 17.8 Å². The first-order valence-electron chi connectivity index (χ1n) is 11.1. The van der Waals surface area contributed by atoms with Crippen LogP contribution in [0.5, 0.6) is 0 Å². The van der Waals surface area contributed by atoms with Crippen LogP contribution in [0.1, 0.15) is 68.6 Å². The third kappa shape index (κ3) is 3.80. The Labute approximate surface area is 176 Å². The van der Waals surface area contributed by atoms with E-state index in [1.165, 1.54) is 38.2 Å². The molecule has 5 nitrogen and oxygen atoms in total. The van der Waals surface area contributed by atoms with Crippen LogP contribution in [0.4, 0.5) is 0 Å². The van der Waals surface area contributed by atoms with Gasteiger partial charge in [0.05, 0.1) is 16.9 Å². The fourth-order valence-corrected chi connectivity index (χ4v) is 7.48. The molecule has 0 N–H and O–H groups in total. The summed E-state index contributed by atoms with van der Waals surface area (Å²) in [4.78, 5) is 31.6. The number of hydrogen-bond acceptors (Lipinski definition) is 4. The molecule has 29 heavy (non-hydrogen) atoms. The van der Waals surface area contributed by atoms with E-state index in [-0.39, 0.29) is 11.8 Å². The first-order valence-corrected chi connectivity index (χ1v) is 11.9. The quantitative estimate of drug-likeness (QED) is 0.696. The van der Waals surface area contributed by atoms with Gasteiger partial charge in [-0.2, -0.15) is 0 Å². The van der Waals surface area contributed by atoms with E-state index < -0.39 is 4.75 Å². The van der Waals surface area contributed by atoms with Gasteiger partial charge in [-0.1, -0.05) is 18.2 Å². The minimum Gasteiger partial charge on any atom is -0.472 e. The number of carbonyl (C=O) groups excluding carboxylic acids is 2. The van der Waals surface area contributed by atoms with E-state index in [9.17, 15) is 9.59 Å². The van der Waals surface area contributed by atoms with Gasteiger partial charge in [0.15, 0.2) is 0 Å². The van der Waals surface area contributed by atoms with E-state index in [2.05, 4.69) is 11.9 Å². The topological polar surface area (TPSA) is 62.9 Å². The molecule has 2 amide bonds. The normalized spacial score (nSPS) is 34.8. The van der Waals surface area contributed by atoms with Gasteiger partial charge in [-0.3, -0.25) is 9.59 Å². The molecule has 1 unspecified atom stereocenters. The monoisotopic (exact) mass is 414 g/mol. The van der Waals surface area contributed by atoms with E-state index in [4.69, 9.17) is 4.42 Å². The summed E-state index contributed by atoms with van der Waals surface area (Å²) >= 11 is 1.74. The summed E-state index contributed by atoms with van der Waals surface area (Å²) < 4.78 is 4.63. The van der Waals surface area contributed by atoms with Crippen LogP contribution < -0.4 is 0 Å². The highest BCUT2D eigenvalue weighted by atomic mass is 32.2. The molecule has 2 bridgehead atoms. The van der Waals surface area contributed by atoms with Crippen LogP contribution >= 0.6 is 11.8 Å². The van der Waals surface area contributed by atoms with E-state index in [0.29, 0.717) is 11.5 Å². The molecule has 2 saturated carbocycles. The fraction of sp³-hybridized carbons (Fsp3) is 0.696. The van der Waals surface area contributed by atoms with Crippen molar-refractivity contribution in [2.45, 2.75) is 63.0 Å². The number of hydrogen-bond donors (Lipinski definition) is 0. The Balaban J connectivity index is 1.13. The van der Waals surface area contributed by atoms with Crippen molar-refractivity contribution in [1.29, 1.82) is 0 Å². The highest BCUT2D eigenvalue weighted by Gasteiger charge is 2.45. The molecule has 5 rings (SSSR count). The Morgan fingerprint density at radius 2 is 2.10 bits per heavy atom. The summed E-state index contributed by atoms with van der Waals surface area (Å²) in [5.74, 6) is 3.16. The van der Waals surface area contributed by atoms with Crippen LogP contribution in [0.3, 0.4) is 0 Å². The zero-order valence-corrected chi connectivity index (χ0v) is 18.0. The van der Waals surface area contributed by atoms with Gasteiger partial charge < -0.3 is 9.32 Å². The Kier molecular flexibility index (Phi) is 5.09. The van der Waals surface area contributed by atoms with Crippen LogP contribution in [0.25, 0.3) is 0 Å². The number of furan rings is 1. The number of nitrogens with zero attached hydrogens (tertiary/aromatic N) is 2. The van der Waals surface area contributed by atoms with Crippen molar-refractivity contribution in [2.24, 2.45) is 28.7 Å². The molecule has 3 fully saturated rings. The standard InChI is InChI=1S/C23H30N2O3S/c1-23(13-15-4-7-25(8-5-15)21(26)18-6-9-28-14-18)22(27)24-20(29-23)12-19-11-16-2-3-17(19)10-16/h6,9,14-17,19H,2-5,7-8,10-13H2,1H3/t16-,17+,19-,23?/m1/s1. The lowest BCUT2D eigenvalue weighted by molar-refractivity contribution is -0.119. The van der Waals surface area contributed by atoms with Crippen LogP contribution in [0, 0.1) is 23.7 Å². The van der Waals surface area contributed by atoms with Gasteiger partial charge in [-0.25, -0.2) is 4.99 Å². The largest absolute Gasteiger partial charge is 0.472 e. The van der Waals surface area contributed by atoms with Gasteiger partial charge in [0.25, 0.3) is 11.8 Å². The smallest absolute Gasteiger partial charge is 0.262 e. The van der Waals surface area contributed by atoms with Crippen molar-refractivity contribution >= 4 is 28.6 Å². The first-order chi connectivity index (χ1) is 14.0. The average Bonchev–Trinajstić information content (AvgIpc) is 3.48. The lowest BCUT2D eigenvalue weighted by Crippen LogP contribution is -2.40. The second-order valence-electron chi connectivity index (χ2n) is 9.73. The Morgan fingerprint density at radius 1 is 1.28 bits per heavy atom. The van der Waals surface area contributed by atoms with Gasteiger partial charge in [-0.15, -0.1) is 0 Å². The second-order valence-corrected chi connectivity index (χ2v) is 11.3. The highest BCUT2D eigenvalue weighted by molar-refractivity contribution is 8.16. The predicted molar refractivity (Wildman–Crippen MR) is 114 cm³/mol. The second kappa shape index (κ2) is 7.60. The summed E-state index contributed by atoms with van der Waals surface area (Å²) in [5.41, 5.74) is 0.621. The molecule has 4 aliphatic rings. The Morgan fingerprint density at radius 3 is 2.76 bits per heavy atom. The first kappa shape index (κ1) is 19.4. The van der Waals surface area contributed by atoms with Gasteiger partial charge in [0.2, 0.25) is 0 Å². The van der Waals surface area contributed by atoms with Crippen molar-refractivity contribution in [3.63, 3.8) is 0 Å². The third-order valence-corrected chi connectivity index (χ3v) is 8.98. The summed E-state index contributed by atoms with van der Waals surface area (Å²) in [5, 5.41) is 1.09. The lowest BCUT2D eigenvalue weighted by Gasteiger charge is -2.34. The summed E-state index contributed by atoms with van der Waals surface area (Å²) in [7, 11) is 0. The average molecular weight is 415 g/mol. The Hall–Kier alpha value is -1.56. The molecule has 4 atom stereocenters. The molecular formula is C23H30N2O3S. The predicted octanol–water partition coefficient (Wildman–Crippen LogP) is 4.78. The summed E-state index contributed by atoms with van der Waals surface area (Å²) in [6, 6.07) is 1.72. The molecule has 1 saturated heterocycles. The summed E-state index contributed by atoms with van der Waals surface area (Å²) in [6.45, 7) is 3.59. The minimum atomic E-state index is -0.408. The number of thioether (sulfide) groups is 1. The molecule has 156 valence electrons. The van der Waals surface area contributed by atoms with Gasteiger partial charge in [0.1, 0.15) is 11.0 Å². The highest BCUT2D eigenvalue weighted by Crippen LogP contribution is 2.51. The van der Waals surface area contributed by atoms with Crippen molar-refractivity contribution in [3.05, 3.63) is 24.2 Å². The van der Waals surface area contributed by atoms with E-state index in [0.717, 1.165) is 61.6 Å². The van der Waals surface area contributed by atoms with Crippen molar-refractivity contribution in [3.8, 4) is 0 Å². The maximum absolute atomic E-state index is 12.8. The molecule has 1 aromatic heterocycles. The molecule has 1 aromatic rings. The lowest BCUT2D eigenvalue weighted by atomic mass is 9.86. The molecule has 0 aromatic carbocycles.